The molecule has 2 aromatic carbocycles. The number of benzene rings is 2. The summed E-state index contributed by atoms with van der Waals surface area (Å²) >= 11 is 1.33. The number of ketones is 1. The van der Waals surface area contributed by atoms with E-state index >= 15 is 0 Å². The van der Waals surface area contributed by atoms with Gasteiger partial charge in [0.05, 0.1) is 31.8 Å². The van der Waals surface area contributed by atoms with Crippen molar-refractivity contribution in [1.82, 2.24) is 14.8 Å². The average Bonchev–Trinajstić information content (AvgIpc) is 3.43. The number of methoxy groups -OCH3 is 2. The molecule has 0 aliphatic carbocycles. The molecule has 0 bridgehead atoms. The second kappa shape index (κ2) is 9.09. The summed E-state index contributed by atoms with van der Waals surface area (Å²) in [5.41, 5.74) is 2.31. The van der Waals surface area contributed by atoms with Gasteiger partial charge in [-0.15, -0.1) is 10.2 Å². The Labute approximate surface area is 184 Å². The molecule has 0 saturated carbocycles. The first-order chi connectivity index (χ1) is 15.1. The number of para-hydroxylation sites is 1. The van der Waals surface area contributed by atoms with Gasteiger partial charge in [0, 0.05) is 11.3 Å². The summed E-state index contributed by atoms with van der Waals surface area (Å²) < 4.78 is 17.9. The van der Waals surface area contributed by atoms with Crippen LogP contribution in [-0.4, -0.2) is 40.5 Å². The van der Waals surface area contributed by atoms with Crippen LogP contribution in [0.25, 0.3) is 17.1 Å². The van der Waals surface area contributed by atoms with Crippen LogP contribution in [0, 0.1) is 6.92 Å². The lowest BCUT2D eigenvalue weighted by Crippen LogP contribution is -2.05. The highest BCUT2D eigenvalue weighted by Crippen LogP contribution is 2.31. The molecule has 2 aromatic heterocycles. The predicted octanol–water partition coefficient (Wildman–Crippen LogP) is 4.83. The van der Waals surface area contributed by atoms with Crippen molar-refractivity contribution in [3.63, 3.8) is 0 Å². The Morgan fingerprint density at radius 1 is 1.03 bits per heavy atom. The molecule has 0 aliphatic heterocycles. The number of Topliss-reactive ketones (excluding diaryl/α,β-unsaturated/α-hetero) is 1. The summed E-state index contributed by atoms with van der Waals surface area (Å²) in [6.45, 7) is 1.88. The number of carbonyl (C=O) groups excluding carboxylic acids is 1. The van der Waals surface area contributed by atoms with Crippen molar-refractivity contribution >= 4 is 17.5 Å². The fourth-order valence-corrected chi connectivity index (χ4v) is 4.03. The van der Waals surface area contributed by atoms with Crippen LogP contribution in [0.15, 0.2) is 70.4 Å². The summed E-state index contributed by atoms with van der Waals surface area (Å²) in [5.74, 6) is 2.67. The minimum Gasteiger partial charge on any atom is -0.493 e. The van der Waals surface area contributed by atoms with E-state index in [1.165, 1.54) is 11.8 Å². The van der Waals surface area contributed by atoms with Crippen LogP contribution >= 0.6 is 11.8 Å². The Hall–Kier alpha value is -3.52. The molecular formula is C23H21N3O4S. The van der Waals surface area contributed by atoms with Crippen molar-refractivity contribution in [3.05, 3.63) is 72.2 Å². The van der Waals surface area contributed by atoms with Gasteiger partial charge in [0.2, 0.25) is 0 Å². The zero-order valence-electron chi connectivity index (χ0n) is 17.4. The standard InChI is InChI=1S/C23H21N3O4S/c1-15-18(11-12-30-15)22-24-25-23(26(22)17-7-5-4-6-8-17)31-14-19(27)16-9-10-20(28-2)21(13-16)29-3/h4-13H,14H2,1-3H3. The number of nitrogens with zero attached hydrogens (tertiary/aromatic N) is 3. The second-order valence-corrected chi connectivity index (χ2v) is 7.59. The molecule has 0 N–H and O–H groups in total. The Morgan fingerprint density at radius 3 is 2.48 bits per heavy atom. The maximum Gasteiger partial charge on any atom is 0.196 e. The van der Waals surface area contributed by atoms with E-state index in [-0.39, 0.29) is 11.5 Å². The highest BCUT2D eigenvalue weighted by Gasteiger charge is 2.20. The molecule has 7 nitrogen and oxygen atoms in total. The quantitative estimate of drug-likeness (QED) is 0.290. The monoisotopic (exact) mass is 435 g/mol. The zero-order chi connectivity index (χ0) is 21.8. The summed E-state index contributed by atoms with van der Waals surface area (Å²) in [6, 6.07) is 16.8. The molecule has 4 aromatic rings. The third-order valence-corrected chi connectivity index (χ3v) is 5.71. The van der Waals surface area contributed by atoms with E-state index in [0.29, 0.717) is 28.0 Å². The van der Waals surface area contributed by atoms with Crippen LogP contribution in [0.2, 0.25) is 0 Å². The van der Waals surface area contributed by atoms with E-state index in [1.54, 1.807) is 38.7 Å². The molecule has 0 amide bonds. The summed E-state index contributed by atoms with van der Waals surface area (Å²) in [6.07, 6.45) is 1.63. The SMILES string of the molecule is COc1ccc(C(=O)CSc2nnc(-c3ccoc3C)n2-c2ccccc2)cc1OC. The van der Waals surface area contributed by atoms with Crippen LogP contribution in [0.5, 0.6) is 11.5 Å². The first kappa shape index (κ1) is 20.7. The first-order valence-electron chi connectivity index (χ1n) is 9.55. The Balaban J connectivity index is 1.63. The molecule has 2 heterocycles. The molecule has 31 heavy (non-hydrogen) atoms. The van der Waals surface area contributed by atoms with Gasteiger partial charge < -0.3 is 13.9 Å². The highest BCUT2D eigenvalue weighted by molar-refractivity contribution is 7.99. The summed E-state index contributed by atoms with van der Waals surface area (Å²) in [4.78, 5) is 12.8. The van der Waals surface area contributed by atoms with Crippen molar-refractivity contribution in [2.45, 2.75) is 12.1 Å². The Morgan fingerprint density at radius 2 is 1.81 bits per heavy atom. The van der Waals surface area contributed by atoms with Crippen molar-refractivity contribution in [1.29, 1.82) is 0 Å². The van der Waals surface area contributed by atoms with Crippen LogP contribution in [0.1, 0.15) is 16.1 Å². The first-order valence-corrected chi connectivity index (χ1v) is 10.5. The molecule has 0 aliphatic rings. The number of carbonyl (C=O) groups is 1. The lowest BCUT2D eigenvalue weighted by atomic mass is 10.1. The third kappa shape index (κ3) is 4.20. The largest absolute Gasteiger partial charge is 0.493 e. The normalized spacial score (nSPS) is 10.8. The lowest BCUT2D eigenvalue weighted by Gasteiger charge is -2.10. The van der Waals surface area contributed by atoms with Crippen LogP contribution in [0.3, 0.4) is 0 Å². The fourth-order valence-electron chi connectivity index (χ4n) is 3.19. The number of rotatable bonds is 8. The van der Waals surface area contributed by atoms with E-state index in [9.17, 15) is 4.79 Å². The van der Waals surface area contributed by atoms with Gasteiger partial charge in [-0.05, 0) is 43.3 Å². The van der Waals surface area contributed by atoms with Gasteiger partial charge >= 0.3 is 0 Å². The summed E-state index contributed by atoms with van der Waals surface area (Å²) in [7, 11) is 3.10. The number of aromatic nitrogens is 3. The molecule has 0 fully saturated rings. The number of ether oxygens (including phenoxy) is 2. The van der Waals surface area contributed by atoms with Crippen molar-refractivity contribution in [3.8, 4) is 28.6 Å². The maximum absolute atomic E-state index is 12.8. The smallest absolute Gasteiger partial charge is 0.196 e. The van der Waals surface area contributed by atoms with Gasteiger partial charge in [-0.2, -0.15) is 0 Å². The molecule has 8 heteroatoms. The molecule has 0 atom stereocenters. The van der Waals surface area contributed by atoms with Crippen LogP contribution < -0.4 is 9.47 Å². The van der Waals surface area contributed by atoms with Gasteiger partial charge in [0.25, 0.3) is 0 Å². The third-order valence-electron chi connectivity index (χ3n) is 4.79. The maximum atomic E-state index is 12.8. The van der Waals surface area contributed by atoms with E-state index in [2.05, 4.69) is 10.2 Å². The topological polar surface area (TPSA) is 79.4 Å². The van der Waals surface area contributed by atoms with Crippen molar-refractivity contribution in [2.24, 2.45) is 0 Å². The summed E-state index contributed by atoms with van der Waals surface area (Å²) in [5, 5.41) is 9.36. The van der Waals surface area contributed by atoms with E-state index in [4.69, 9.17) is 13.9 Å². The van der Waals surface area contributed by atoms with E-state index < -0.39 is 0 Å². The number of hydrogen-bond acceptors (Lipinski definition) is 7. The molecule has 4 rings (SSSR count). The highest BCUT2D eigenvalue weighted by atomic mass is 32.2. The van der Waals surface area contributed by atoms with E-state index in [0.717, 1.165) is 17.0 Å². The van der Waals surface area contributed by atoms with Gasteiger partial charge in [0.1, 0.15) is 5.76 Å². The molecule has 0 spiro atoms. The zero-order valence-corrected chi connectivity index (χ0v) is 18.2. The molecule has 158 valence electrons. The van der Waals surface area contributed by atoms with E-state index in [1.807, 2.05) is 47.9 Å². The Bertz CT molecular complexity index is 1200. The van der Waals surface area contributed by atoms with Gasteiger partial charge in [-0.3, -0.25) is 9.36 Å². The lowest BCUT2D eigenvalue weighted by molar-refractivity contribution is 0.102. The molecule has 0 saturated heterocycles. The second-order valence-electron chi connectivity index (χ2n) is 6.65. The number of furan rings is 1. The van der Waals surface area contributed by atoms with Gasteiger partial charge in [-0.1, -0.05) is 30.0 Å². The molecule has 0 unspecified atom stereocenters. The average molecular weight is 436 g/mol. The fraction of sp³-hybridized carbons (Fsp3) is 0.174. The molecular weight excluding hydrogens is 414 g/mol. The van der Waals surface area contributed by atoms with Crippen LogP contribution in [-0.2, 0) is 0 Å². The van der Waals surface area contributed by atoms with Gasteiger partial charge in [-0.25, -0.2) is 0 Å². The minimum atomic E-state index is -0.0467. The minimum absolute atomic E-state index is 0.0467. The Kier molecular flexibility index (Phi) is 6.08. The van der Waals surface area contributed by atoms with Crippen molar-refractivity contribution in [2.75, 3.05) is 20.0 Å². The number of hydrogen-bond donors (Lipinski definition) is 0. The number of aryl methyl sites for hydroxylation is 1. The molecule has 0 radical (unpaired) electrons. The van der Waals surface area contributed by atoms with Crippen molar-refractivity contribution < 1.29 is 18.7 Å². The van der Waals surface area contributed by atoms with Crippen LogP contribution in [0.4, 0.5) is 0 Å². The number of thioether (sulfide) groups is 1. The predicted molar refractivity (Wildman–Crippen MR) is 118 cm³/mol. The van der Waals surface area contributed by atoms with Gasteiger partial charge in [0.15, 0.2) is 28.3 Å².